The van der Waals surface area contributed by atoms with E-state index in [1.807, 2.05) is 0 Å². The zero-order chi connectivity index (χ0) is 7.40. The third-order valence-electron chi connectivity index (χ3n) is 2.13. The number of alkyl halides is 1. The highest BCUT2D eigenvalue weighted by Crippen LogP contribution is 2.17. The highest BCUT2D eigenvalue weighted by atomic mass is 79.9. The van der Waals surface area contributed by atoms with Crippen LogP contribution in [-0.2, 0) is 0 Å². The van der Waals surface area contributed by atoms with Crippen LogP contribution in [0.2, 0.25) is 0 Å². The van der Waals surface area contributed by atoms with Crippen molar-refractivity contribution in [3.8, 4) is 0 Å². The first kappa shape index (κ1) is 8.54. The van der Waals surface area contributed by atoms with Gasteiger partial charge in [0.15, 0.2) is 0 Å². The fraction of sp³-hybridized carbons (Fsp3) is 1.00. The van der Waals surface area contributed by atoms with E-state index in [0.29, 0.717) is 0 Å². The molecule has 60 valence electrons. The van der Waals surface area contributed by atoms with E-state index in [-0.39, 0.29) is 0 Å². The van der Waals surface area contributed by atoms with Gasteiger partial charge in [-0.05, 0) is 31.8 Å². The van der Waals surface area contributed by atoms with Crippen LogP contribution in [0.5, 0.6) is 0 Å². The maximum Gasteiger partial charge on any atom is 0.00723 e. The predicted octanol–water partition coefficient (Wildman–Crippen LogP) is 2.11. The minimum atomic E-state index is 0.923. The van der Waals surface area contributed by atoms with E-state index >= 15 is 0 Å². The summed E-state index contributed by atoms with van der Waals surface area (Å²) in [7, 11) is 0. The van der Waals surface area contributed by atoms with Crippen molar-refractivity contribution in [2.45, 2.75) is 19.8 Å². The highest BCUT2D eigenvalue weighted by Gasteiger charge is 2.19. The molecule has 0 bridgehead atoms. The summed E-state index contributed by atoms with van der Waals surface area (Å²) in [5.74, 6) is 0.923. The molecule has 0 aromatic heterocycles. The Morgan fingerprint density at radius 2 is 2.40 bits per heavy atom. The van der Waals surface area contributed by atoms with Crippen molar-refractivity contribution in [1.29, 1.82) is 0 Å². The Balaban J connectivity index is 2.15. The molecule has 0 radical (unpaired) electrons. The molecule has 1 aliphatic heterocycles. The van der Waals surface area contributed by atoms with E-state index in [1.165, 1.54) is 37.8 Å². The topological polar surface area (TPSA) is 3.24 Å². The summed E-state index contributed by atoms with van der Waals surface area (Å²) in [4.78, 5) is 2.56. The summed E-state index contributed by atoms with van der Waals surface area (Å²) < 4.78 is 0. The van der Waals surface area contributed by atoms with Crippen LogP contribution in [0.25, 0.3) is 0 Å². The molecule has 0 amide bonds. The van der Waals surface area contributed by atoms with Crippen LogP contribution >= 0.6 is 15.9 Å². The molecule has 1 nitrogen and oxygen atoms in total. The third-order valence-corrected chi connectivity index (χ3v) is 3.04. The molecule has 10 heavy (non-hydrogen) atoms. The lowest BCUT2D eigenvalue weighted by molar-refractivity contribution is 0.329. The van der Waals surface area contributed by atoms with Gasteiger partial charge in [-0.2, -0.15) is 0 Å². The van der Waals surface area contributed by atoms with E-state index in [1.54, 1.807) is 0 Å². The van der Waals surface area contributed by atoms with E-state index < -0.39 is 0 Å². The van der Waals surface area contributed by atoms with E-state index in [4.69, 9.17) is 0 Å². The lowest BCUT2D eigenvalue weighted by Crippen LogP contribution is -2.21. The molecule has 0 N–H and O–H groups in total. The molecular formula is C8H16BrN. The lowest BCUT2D eigenvalue weighted by atomic mass is 10.2. The van der Waals surface area contributed by atoms with Gasteiger partial charge in [-0.25, -0.2) is 0 Å². The van der Waals surface area contributed by atoms with Crippen molar-refractivity contribution >= 4 is 15.9 Å². The summed E-state index contributed by atoms with van der Waals surface area (Å²) in [6.07, 6.45) is 2.69. The summed E-state index contributed by atoms with van der Waals surface area (Å²) >= 11 is 3.53. The van der Waals surface area contributed by atoms with Gasteiger partial charge in [-0.3, -0.25) is 0 Å². The van der Waals surface area contributed by atoms with Gasteiger partial charge in [0.2, 0.25) is 0 Å². The number of hydrogen-bond donors (Lipinski definition) is 0. The average molecular weight is 206 g/mol. The monoisotopic (exact) mass is 205 g/mol. The van der Waals surface area contributed by atoms with Crippen molar-refractivity contribution < 1.29 is 0 Å². The number of halogens is 1. The van der Waals surface area contributed by atoms with Gasteiger partial charge in [0, 0.05) is 11.9 Å². The Hall–Kier alpha value is 0.440. The summed E-state index contributed by atoms with van der Waals surface area (Å²) in [6, 6.07) is 0. The van der Waals surface area contributed by atoms with Crippen molar-refractivity contribution in [3.05, 3.63) is 0 Å². The van der Waals surface area contributed by atoms with Gasteiger partial charge in [-0.15, -0.1) is 0 Å². The van der Waals surface area contributed by atoms with Crippen LogP contribution in [0.1, 0.15) is 19.8 Å². The maximum atomic E-state index is 3.53. The normalized spacial score (nSPS) is 27.6. The maximum absolute atomic E-state index is 3.53. The molecule has 0 aliphatic carbocycles. The highest BCUT2D eigenvalue weighted by molar-refractivity contribution is 9.09. The fourth-order valence-electron chi connectivity index (χ4n) is 1.56. The van der Waals surface area contributed by atoms with Gasteiger partial charge in [0.1, 0.15) is 0 Å². The number of nitrogens with zero attached hydrogens (tertiary/aromatic N) is 1. The van der Waals surface area contributed by atoms with Gasteiger partial charge < -0.3 is 4.90 Å². The molecule has 1 aliphatic rings. The number of hydrogen-bond acceptors (Lipinski definition) is 1. The van der Waals surface area contributed by atoms with Crippen LogP contribution in [0.4, 0.5) is 0 Å². The Kier molecular flexibility index (Phi) is 3.71. The third kappa shape index (κ3) is 2.24. The first-order valence-corrected chi connectivity index (χ1v) is 5.27. The second-order valence-corrected chi connectivity index (χ2v) is 3.76. The molecule has 1 saturated heterocycles. The van der Waals surface area contributed by atoms with Gasteiger partial charge in [0.25, 0.3) is 0 Å². The van der Waals surface area contributed by atoms with Crippen molar-refractivity contribution in [2.75, 3.05) is 25.0 Å². The smallest absolute Gasteiger partial charge is 0.00723 e. The summed E-state index contributed by atoms with van der Waals surface area (Å²) in [6.45, 7) is 6.19. The minimum Gasteiger partial charge on any atom is -0.303 e. The second kappa shape index (κ2) is 4.35. The fourth-order valence-corrected chi connectivity index (χ4v) is 2.09. The van der Waals surface area contributed by atoms with Gasteiger partial charge >= 0.3 is 0 Å². The van der Waals surface area contributed by atoms with Crippen molar-refractivity contribution in [2.24, 2.45) is 5.92 Å². The van der Waals surface area contributed by atoms with Crippen LogP contribution in [0, 0.1) is 5.92 Å². The number of likely N-dealkylation sites (tertiary alicyclic amines) is 1. The summed E-state index contributed by atoms with van der Waals surface area (Å²) in [5.41, 5.74) is 0. The van der Waals surface area contributed by atoms with Crippen molar-refractivity contribution in [3.63, 3.8) is 0 Å². The minimum absolute atomic E-state index is 0.923. The molecule has 1 unspecified atom stereocenters. The lowest BCUT2D eigenvalue weighted by Gasteiger charge is -2.13. The molecule has 0 aromatic carbocycles. The first-order chi connectivity index (χ1) is 4.86. The zero-order valence-electron chi connectivity index (χ0n) is 6.65. The molecule has 1 fully saturated rings. The molecule has 1 rings (SSSR count). The van der Waals surface area contributed by atoms with Crippen LogP contribution in [0.3, 0.4) is 0 Å². The largest absolute Gasteiger partial charge is 0.303 e. The molecule has 0 saturated carbocycles. The molecule has 0 aromatic rings. The van der Waals surface area contributed by atoms with Crippen LogP contribution in [0.15, 0.2) is 0 Å². The average Bonchev–Trinajstić information content (AvgIpc) is 2.37. The molecular weight excluding hydrogens is 190 g/mol. The van der Waals surface area contributed by atoms with Gasteiger partial charge in [-0.1, -0.05) is 22.9 Å². The summed E-state index contributed by atoms with van der Waals surface area (Å²) in [5, 5.41) is 1.19. The van der Waals surface area contributed by atoms with Crippen LogP contribution < -0.4 is 0 Å². The first-order valence-electron chi connectivity index (χ1n) is 4.15. The molecule has 0 spiro atoms. The quantitative estimate of drug-likeness (QED) is 0.639. The zero-order valence-corrected chi connectivity index (χ0v) is 8.23. The molecule has 1 heterocycles. The van der Waals surface area contributed by atoms with Crippen LogP contribution in [-0.4, -0.2) is 29.9 Å². The van der Waals surface area contributed by atoms with E-state index in [2.05, 4.69) is 27.8 Å². The van der Waals surface area contributed by atoms with E-state index in [9.17, 15) is 0 Å². The Labute approximate surface area is 71.9 Å². The predicted molar refractivity (Wildman–Crippen MR) is 48.6 cm³/mol. The Morgan fingerprint density at radius 3 is 2.90 bits per heavy atom. The Bertz CT molecular complexity index is 95.3. The van der Waals surface area contributed by atoms with Crippen molar-refractivity contribution in [1.82, 2.24) is 4.90 Å². The Morgan fingerprint density at radius 1 is 1.60 bits per heavy atom. The molecule has 1 atom stereocenters. The SMILES string of the molecule is CCCN1CCC(CBr)C1. The van der Waals surface area contributed by atoms with E-state index in [0.717, 1.165) is 5.92 Å². The van der Waals surface area contributed by atoms with Gasteiger partial charge in [0.05, 0.1) is 0 Å². The second-order valence-electron chi connectivity index (χ2n) is 3.11. The number of rotatable bonds is 3. The standard InChI is InChI=1S/C8H16BrN/c1-2-4-10-5-3-8(6-9)7-10/h8H,2-7H2,1H3. The molecule has 2 heteroatoms.